The van der Waals surface area contributed by atoms with E-state index in [0.29, 0.717) is 24.5 Å². The van der Waals surface area contributed by atoms with E-state index in [4.69, 9.17) is 9.84 Å². The van der Waals surface area contributed by atoms with Gasteiger partial charge in [-0.3, -0.25) is 4.79 Å². The van der Waals surface area contributed by atoms with Crippen molar-refractivity contribution in [3.8, 4) is 5.75 Å². The van der Waals surface area contributed by atoms with Gasteiger partial charge < -0.3 is 20.1 Å². The number of aliphatic hydroxyl groups is 1. The summed E-state index contributed by atoms with van der Waals surface area (Å²) >= 11 is 0. The van der Waals surface area contributed by atoms with Crippen molar-refractivity contribution in [2.24, 2.45) is 5.92 Å². The molecule has 2 heterocycles. The number of amides is 1. The van der Waals surface area contributed by atoms with Crippen molar-refractivity contribution in [3.63, 3.8) is 0 Å². The molecular formula is C19H19N3O3. The highest BCUT2D eigenvalue weighted by molar-refractivity contribution is 5.97. The van der Waals surface area contributed by atoms with E-state index in [1.807, 2.05) is 18.2 Å². The van der Waals surface area contributed by atoms with Crippen LogP contribution in [0.4, 0.5) is 0 Å². The van der Waals surface area contributed by atoms with Crippen molar-refractivity contribution < 1.29 is 14.6 Å². The summed E-state index contributed by atoms with van der Waals surface area (Å²) in [6, 6.07) is 13.3. The zero-order valence-electron chi connectivity index (χ0n) is 13.7. The summed E-state index contributed by atoms with van der Waals surface area (Å²) in [5.41, 5.74) is 3.23. The van der Waals surface area contributed by atoms with E-state index in [9.17, 15) is 4.79 Å². The van der Waals surface area contributed by atoms with Crippen LogP contribution in [0.25, 0.3) is 11.0 Å². The molecule has 4 rings (SSSR count). The third-order valence-electron chi connectivity index (χ3n) is 4.45. The number of rotatable bonds is 4. The lowest BCUT2D eigenvalue weighted by atomic mass is 9.96. The maximum Gasteiger partial charge on any atom is 0.251 e. The Hall–Kier alpha value is -2.86. The lowest BCUT2D eigenvalue weighted by molar-refractivity contribution is 0.0939. The Morgan fingerprint density at radius 1 is 1.32 bits per heavy atom. The molecule has 0 radical (unpaired) electrons. The highest BCUT2D eigenvalue weighted by Crippen LogP contribution is 2.26. The van der Waals surface area contributed by atoms with Crippen molar-refractivity contribution in [1.29, 1.82) is 0 Å². The number of nitrogens with one attached hydrogen (secondary N) is 2. The minimum Gasteiger partial charge on any atom is -0.493 e. The van der Waals surface area contributed by atoms with Gasteiger partial charge in [-0.25, -0.2) is 4.98 Å². The van der Waals surface area contributed by atoms with E-state index in [1.54, 1.807) is 18.2 Å². The maximum atomic E-state index is 12.4. The van der Waals surface area contributed by atoms with Gasteiger partial charge in [0.25, 0.3) is 5.91 Å². The minimum atomic E-state index is -0.153. The zero-order chi connectivity index (χ0) is 17.2. The summed E-state index contributed by atoms with van der Waals surface area (Å²) in [7, 11) is 0. The van der Waals surface area contributed by atoms with E-state index < -0.39 is 0 Å². The van der Waals surface area contributed by atoms with Crippen LogP contribution in [0.5, 0.6) is 5.75 Å². The van der Waals surface area contributed by atoms with E-state index in [0.717, 1.165) is 23.2 Å². The number of imidazole rings is 1. The normalized spacial score (nSPS) is 16.3. The molecule has 1 aliphatic heterocycles. The van der Waals surface area contributed by atoms with E-state index in [-0.39, 0.29) is 18.4 Å². The number of ether oxygens (including phenoxy) is 1. The molecule has 2 aromatic carbocycles. The molecule has 0 fully saturated rings. The largest absolute Gasteiger partial charge is 0.493 e. The molecule has 1 atom stereocenters. The molecule has 6 nitrogen and oxygen atoms in total. The summed E-state index contributed by atoms with van der Waals surface area (Å²) < 4.78 is 5.76. The predicted octanol–water partition coefficient (Wildman–Crippen LogP) is 2.04. The molecule has 25 heavy (non-hydrogen) atoms. The Balaban J connectivity index is 1.41. The minimum absolute atomic E-state index is 0.124. The lowest BCUT2D eigenvalue weighted by Crippen LogP contribution is -2.34. The molecule has 0 aliphatic carbocycles. The quantitative estimate of drug-likeness (QED) is 0.680. The molecule has 1 unspecified atom stereocenters. The van der Waals surface area contributed by atoms with Crippen molar-refractivity contribution in [1.82, 2.24) is 15.3 Å². The molecule has 0 saturated carbocycles. The number of hydrogen-bond donors (Lipinski definition) is 3. The van der Waals surface area contributed by atoms with Gasteiger partial charge >= 0.3 is 0 Å². The fourth-order valence-corrected chi connectivity index (χ4v) is 3.14. The summed E-state index contributed by atoms with van der Waals surface area (Å²) in [6.45, 7) is 1.02. The average molecular weight is 337 g/mol. The second-order valence-corrected chi connectivity index (χ2v) is 6.27. The third-order valence-corrected chi connectivity index (χ3v) is 4.45. The SMILES string of the molecule is O=C(NCC1COc2ccccc2C1)c1ccc2nc(CO)[nH]c2c1. The first-order chi connectivity index (χ1) is 12.2. The molecule has 0 bridgehead atoms. The van der Waals surface area contributed by atoms with Gasteiger partial charge in [-0.15, -0.1) is 0 Å². The van der Waals surface area contributed by atoms with Gasteiger partial charge in [0.15, 0.2) is 0 Å². The number of carbonyl (C=O) groups excluding carboxylic acids is 1. The van der Waals surface area contributed by atoms with Crippen LogP contribution < -0.4 is 10.1 Å². The number of aliphatic hydroxyl groups excluding tert-OH is 1. The molecule has 1 amide bonds. The maximum absolute atomic E-state index is 12.4. The van der Waals surface area contributed by atoms with Crippen LogP contribution in [-0.2, 0) is 13.0 Å². The molecule has 128 valence electrons. The second-order valence-electron chi connectivity index (χ2n) is 6.27. The first-order valence-electron chi connectivity index (χ1n) is 8.31. The summed E-state index contributed by atoms with van der Waals surface area (Å²) in [6.07, 6.45) is 0.899. The Bertz CT molecular complexity index is 919. The second kappa shape index (κ2) is 6.57. The van der Waals surface area contributed by atoms with E-state index in [1.165, 1.54) is 5.56 Å². The van der Waals surface area contributed by atoms with Crippen LogP contribution in [0.15, 0.2) is 42.5 Å². The van der Waals surface area contributed by atoms with E-state index >= 15 is 0 Å². The standard InChI is InChI=1S/C19H19N3O3/c23-10-18-21-15-6-5-14(8-16(15)22-18)19(24)20-9-12-7-13-3-1-2-4-17(13)25-11-12/h1-6,8,12,23H,7,9-11H2,(H,20,24)(H,21,22). The van der Waals surface area contributed by atoms with Gasteiger partial charge in [0.1, 0.15) is 18.2 Å². The van der Waals surface area contributed by atoms with Crippen molar-refractivity contribution in [2.45, 2.75) is 13.0 Å². The van der Waals surface area contributed by atoms with Gasteiger partial charge in [0.2, 0.25) is 0 Å². The number of hydrogen-bond acceptors (Lipinski definition) is 4. The lowest BCUT2D eigenvalue weighted by Gasteiger charge is -2.25. The molecule has 6 heteroatoms. The average Bonchev–Trinajstić information content (AvgIpc) is 3.08. The van der Waals surface area contributed by atoms with E-state index in [2.05, 4.69) is 21.4 Å². The fourth-order valence-electron chi connectivity index (χ4n) is 3.14. The van der Waals surface area contributed by atoms with Gasteiger partial charge in [-0.2, -0.15) is 0 Å². The van der Waals surface area contributed by atoms with Crippen LogP contribution in [0.1, 0.15) is 21.7 Å². The van der Waals surface area contributed by atoms with Crippen LogP contribution in [0.3, 0.4) is 0 Å². The van der Waals surface area contributed by atoms with Gasteiger partial charge in [-0.1, -0.05) is 18.2 Å². The Kier molecular flexibility index (Phi) is 4.11. The number of fused-ring (bicyclic) bond motifs is 2. The highest BCUT2D eigenvalue weighted by Gasteiger charge is 2.20. The number of aromatic amines is 1. The number of benzene rings is 2. The van der Waals surface area contributed by atoms with Crippen molar-refractivity contribution >= 4 is 16.9 Å². The molecule has 0 saturated heterocycles. The number of nitrogens with zero attached hydrogens (tertiary/aromatic N) is 1. The molecule has 0 spiro atoms. The van der Waals surface area contributed by atoms with Crippen LogP contribution >= 0.6 is 0 Å². The summed E-state index contributed by atoms with van der Waals surface area (Å²) in [4.78, 5) is 19.6. The number of para-hydroxylation sites is 1. The number of H-pyrrole nitrogens is 1. The number of aromatic nitrogens is 2. The summed E-state index contributed by atoms with van der Waals surface area (Å²) in [5, 5.41) is 12.1. The molecule has 1 aliphatic rings. The number of carbonyl (C=O) groups is 1. The smallest absolute Gasteiger partial charge is 0.251 e. The van der Waals surface area contributed by atoms with Crippen LogP contribution in [0, 0.1) is 5.92 Å². The summed E-state index contributed by atoms with van der Waals surface area (Å²) in [5.74, 6) is 1.57. The Morgan fingerprint density at radius 2 is 2.20 bits per heavy atom. The van der Waals surface area contributed by atoms with Crippen LogP contribution in [0.2, 0.25) is 0 Å². The van der Waals surface area contributed by atoms with Crippen LogP contribution in [-0.4, -0.2) is 34.1 Å². The first-order valence-corrected chi connectivity index (χ1v) is 8.31. The molecular weight excluding hydrogens is 318 g/mol. The highest BCUT2D eigenvalue weighted by atomic mass is 16.5. The molecule has 3 aromatic rings. The molecule has 3 N–H and O–H groups in total. The van der Waals surface area contributed by atoms with Gasteiger partial charge in [0, 0.05) is 18.0 Å². The predicted molar refractivity (Wildman–Crippen MR) is 93.5 cm³/mol. The van der Waals surface area contributed by atoms with Crippen molar-refractivity contribution in [3.05, 3.63) is 59.4 Å². The Labute approximate surface area is 144 Å². The topological polar surface area (TPSA) is 87.2 Å². The fraction of sp³-hybridized carbons (Fsp3) is 0.263. The molecule has 1 aromatic heterocycles. The zero-order valence-corrected chi connectivity index (χ0v) is 13.7. The van der Waals surface area contributed by atoms with Crippen molar-refractivity contribution in [2.75, 3.05) is 13.2 Å². The monoisotopic (exact) mass is 337 g/mol. The first kappa shape index (κ1) is 15.7. The van der Waals surface area contributed by atoms with Gasteiger partial charge in [0.05, 0.1) is 17.6 Å². The Morgan fingerprint density at radius 3 is 3.08 bits per heavy atom. The third kappa shape index (κ3) is 3.21. The van der Waals surface area contributed by atoms with Gasteiger partial charge in [-0.05, 0) is 36.2 Å².